The average Bonchev–Trinajstić information content (AvgIpc) is 2.24. The fraction of sp³-hybridized carbons (Fsp3) is 0.556. The van der Waals surface area contributed by atoms with E-state index in [4.69, 9.17) is 0 Å². The number of hydrogen-bond donors (Lipinski definition) is 1. The molecule has 0 bridgehead atoms. The van der Waals surface area contributed by atoms with Crippen LogP contribution in [0.25, 0.3) is 0 Å². The molecule has 0 saturated carbocycles. The number of carbonyl (C=O) groups excluding carboxylic acids is 2. The van der Waals surface area contributed by atoms with E-state index in [0.717, 1.165) is 5.57 Å². The number of nitrogens with one attached hydrogen (secondary N) is 1. The van der Waals surface area contributed by atoms with Crippen LogP contribution >= 0.6 is 0 Å². The highest BCUT2D eigenvalue weighted by Crippen LogP contribution is 2.05. The second-order valence-electron chi connectivity index (χ2n) is 3.40. The third kappa shape index (κ3) is 2.08. The van der Waals surface area contributed by atoms with Crippen LogP contribution in [0.3, 0.4) is 0 Å². The number of allylic oxidation sites excluding steroid dienone is 1. The van der Waals surface area contributed by atoms with E-state index in [2.05, 4.69) is 5.32 Å². The molecule has 0 aliphatic carbocycles. The van der Waals surface area contributed by atoms with E-state index >= 15 is 0 Å². The molecular weight excluding hydrogens is 168 g/mol. The summed E-state index contributed by atoms with van der Waals surface area (Å²) in [5.74, 6) is -0.150. The van der Waals surface area contributed by atoms with Gasteiger partial charge in [0.1, 0.15) is 6.04 Å². The van der Waals surface area contributed by atoms with Crippen molar-refractivity contribution in [3.05, 3.63) is 11.6 Å². The van der Waals surface area contributed by atoms with Gasteiger partial charge in [-0.25, -0.2) is 4.79 Å². The maximum Gasteiger partial charge on any atom is 0.325 e. The lowest BCUT2D eigenvalue weighted by molar-refractivity contribution is -0.126. The van der Waals surface area contributed by atoms with Crippen molar-refractivity contribution in [2.24, 2.45) is 0 Å². The minimum Gasteiger partial charge on any atom is -0.326 e. The quantitative estimate of drug-likeness (QED) is 0.509. The topological polar surface area (TPSA) is 49.4 Å². The molecule has 1 heterocycles. The molecule has 1 N–H and O–H groups in total. The predicted molar refractivity (Wildman–Crippen MR) is 49.1 cm³/mol. The average molecular weight is 182 g/mol. The lowest BCUT2D eigenvalue weighted by Crippen LogP contribution is -2.31. The zero-order valence-electron chi connectivity index (χ0n) is 8.13. The van der Waals surface area contributed by atoms with Gasteiger partial charge in [0.05, 0.1) is 0 Å². The van der Waals surface area contributed by atoms with Gasteiger partial charge in [-0.05, 0) is 20.8 Å². The van der Waals surface area contributed by atoms with Crippen molar-refractivity contribution in [1.29, 1.82) is 0 Å². The highest BCUT2D eigenvalue weighted by atomic mass is 16.2. The number of urea groups is 1. The van der Waals surface area contributed by atoms with Gasteiger partial charge in [0, 0.05) is 6.54 Å². The van der Waals surface area contributed by atoms with Gasteiger partial charge in [-0.2, -0.15) is 0 Å². The van der Waals surface area contributed by atoms with E-state index in [9.17, 15) is 9.59 Å². The fourth-order valence-electron chi connectivity index (χ4n) is 1.11. The first kappa shape index (κ1) is 9.77. The van der Waals surface area contributed by atoms with Crippen molar-refractivity contribution in [3.8, 4) is 0 Å². The summed E-state index contributed by atoms with van der Waals surface area (Å²) in [6.45, 7) is 5.92. The normalized spacial score (nSPS) is 21.8. The number of hydrogen-bond acceptors (Lipinski definition) is 2. The van der Waals surface area contributed by atoms with Crippen molar-refractivity contribution in [2.75, 3.05) is 6.54 Å². The van der Waals surface area contributed by atoms with Gasteiger partial charge in [-0.15, -0.1) is 0 Å². The summed E-state index contributed by atoms with van der Waals surface area (Å²) >= 11 is 0. The molecule has 3 amide bonds. The van der Waals surface area contributed by atoms with E-state index in [-0.39, 0.29) is 18.0 Å². The molecule has 1 aliphatic rings. The van der Waals surface area contributed by atoms with Crippen LogP contribution in [0, 0.1) is 0 Å². The first-order valence-electron chi connectivity index (χ1n) is 4.27. The van der Waals surface area contributed by atoms with E-state index in [1.807, 2.05) is 19.9 Å². The number of rotatable bonds is 2. The summed E-state index contributed by atoms with van der Waals surface area (Å²) in [7, 11) is 0. The molecule has 0 aromatic rings. The van der Waals surface area contributed by atoms with E-state index in [0.29, 0.717) is 6.54 Å². The van der Waals surface area contributed by atoms with Crippen LogP contribution < -0.4 is 5.32 Å². The van der Waals surface area contributed by atoms with Crippen LogP contribution in [-0.2, 0) is 4.79 Å². The zero-order valence-corrected chi connectivity index (χ0v) is 8.13. The predicted octanol–water partition coefficient (Wildman–Crippen LogP) is 0.893. The zero-order chi connectivity index (χ0) is 10.0. The molecule has 1 saturated heterocycles. The number of amides is 3. The summed E-state index contributed by atoms with van der Waals surface area (Å²) in [5, 5.41) is 2.55. The van der Waals surface area contributed by atoms with Crippen molar-refractivity contribution >= 4 is 11.9 Å². The van der Waals surface area contributed by atoms with E-state index in [1.165, 1.54) is 4.90 Å². The third-order valence-electron chi connectivity index (χ3n) is 1.90. The first-order chi connectivity index (χ1) is 6.02. The van der Waals surface area contributed by atoms with Crippen molar-refractivity contribution in [2.45, 2.75) is 26.8 Å². The van der Waals surface area contributed by atoms with Crippen molar-refractivity contribution < 1.29 is 9.59 Å². The molecule has 1 fully saturated rings. The van der Waals surface area contributed by atoms with Gasteiger partial charge in [-0.3, -0.25) is 9.69 Å². The number of nitrogens with zero attached hydrogens (tertiary/aromatic N) is 1. The Kier molecular flexibility index (Phi) is 2.70. The monoisotopic (exact) mass is 182 g/mol. The lowest BCUT2D eigenvalue weighted by Gasteiger charge is -2.09. The highest BCUT2D eigenvalue weighted by molar-refractivity contribution is 6.04. The molecule has 0 aromatic heterocycles. The standard InChI is InChI=1S/C9H14N2O2/c1-6(2)4-5-11-8(12)7(3)10-9(11)13/h4,7H,5H2,1-3H3,(H,10,13)/t7-/m0/s1. The summed E-state index contributed by atoms with van der Waals surface area (Å²) in [4.78, 5) is 23.7. The summed E-state index contributed by atoms with van der Waals surface area (Å²) in [6, 6.07) is -0.673. The Morgan fingerprint density at radius 1 is 1.54 bits per heavy atom. The van der Waals surface area contributed by atoms with Crippen molar-refractivity contribution in [1.82, 2.24) is 10.2 Å². The molecule has 1 atom stereocenters. The Bertz CT molecular complexity index is 267. The van der Waals surface area contributed by atoms with Gasteiger partial charge in [0.25, 0.3) is 5.91 Å². The van der Waals surface area contributed by atoms with Crippen molar-refractivity contribution in [3.63, 3.8) is 0 Å². The minimum atomic E-state index is -0.377. The largest absolute Gasteiger partial charge is 0.326 e. The van der Waals surface area contributed by atoms with Crippen LogP contribution in [0.4, 0.5) is 4.79 Å². The molecule has 4 heteroatoms. The van der Waals surface area contributed by atoms with Crippen LogP contribution in [0.15, 0.2) is 11.6 Å². The molecule has 1 rings (SSSR count). The molecular formula is C9H14N2O2. The molecule has 1 aliphatic heterocycles. The Morgan fingerprint density at radius 2 is 2.15 bits per heavy atom. The Labute approximate surface area is 77.6 Å². The lowest BCUT2D eigenvalue weighted by atomic mass is 10.3. The van der Waals surface area contributed by atoms with E-state index < -0.39 is 0 Å². The molecule has 0 spiro atoms. The molecule has 0 unspecified atom stereocenters. The maximum absolute atomic E-state index is 11.3. The van der Waals surface area contributed by atoms with Gasteiger partial charge < -0.3 is 5.32 Å². The second-order valence-corrected chi connectivity index (χ2v) is 3.40. The van der Waals surface area contributed by atoms with Crippen LogP contribution in [-0.4, -0.2) is 29.4 Å². The second kappa shape index (κ2) is 3.60. The van der Waals surface area contributed by atoms with Gasteiger partial charge in [0.15, 0.2) is 0 Å². The smallest absolute Gasteiger partial charge is 0.325 e. The highest BCUT2D eigenvalue weighted by Gasteiger charge is 2.33. The van der Waals surface area contributed by atoms with Crippen LogP contribution in [0.5, 0.6) is 0 Å². The number of carbonyl (C=O) groups is 2. The Morgan fingerprint density at radius 3 is 2.54 bits per heavy atom. The van der Waals surface area contributed by atoms with Crippen LogP contribution in [0.1, 0.15) is 20.8 Å². The molecule has 4 nitrogen and oxygen atoms in total. The Balaban J connectivity index is 2.65. The minimum absolute atomic E-state index is 0.150. The van der Waals surface area contributed by atoms with Gasteiger partial charge in [-0.1, -0.05) is 11.6 Å². The summed E-state index contributed by atoms with van der Waals surface area (Å²) in [6.07, 6.45) is 1.86. The first-order valence-corrected chi connectivity index (χ1v) is 4.27. The molecule has 13 heavy (non-hydrogen) atoms. The van der Waals surface area contributed by atoms with Gasteiger partial charge >= 0.3 is 6.03 Å². The molecule has 72 valence electrons. The SMILES string of the molecule is CC(C)=CCN1C(=O)N[C@@H](C)C1=O. The van der Waals surface area contributed by atoms with Crippen LogP contribution in [0.2, 0.25) is 0 Å². The third-order valence-corrected chi connectivity index (χ3v) is 1.90. The number of imide groups is 1. The summed E-state index contributed by atoms with van der Waals surface area (Å²) < 4.78 is 0. The molecule has 0 aromatic carbocycles. The maximum atomic E-state index is 11.3. The fourth-order valence-corrected chi connectivity index (χ4v) is 1.11. The van der Waals surface area contributed by atoms with Gasteiger partial charge in [0.2, 0.25) is 0 Å². The van der Waals surface area contributed by atoms with E-state index in [1.54, 1.807) is 6.92 Å². The molecule has 0 radical (unpaired) electrons. The summed E-state index contributed by atoms with van der Waals surface area (Å²) in [5.41, 5.74) is 1.10. The Hall–Kier alpha value is -1.32.